The molecule has 1 heterocycles. The van der Waals surface area contributed by atoms with Crippen molar-refractivity contribution in [3.8, 4) is 11.8 Å². The molecule has 0 amide bonds. The predicted octanol–water partition coefficient (Wildman–Crippen LogP) is 3.32. The number of hydrogen-bond donors (Lipinski definition) is 0. The molecule has 0 unspecified atom stereocenters. The fourth-order valence-electron chi connectivity index (χ4n) is 1.67. The van der Waals surface area contributed by atoms with Crippen molar-refractivity contribution in [2.75, 3.05) is 0 Å². The predicted molar refractivity (Wildman–Crippen MR) is 70.1 cm³/mol. The quantitative estimate of drug-likeness (QED) is 0.851. The van der Waals surface area contributed by atoms with Crippen LogP contribution in [0, 0.1) is 25.2 Å². The van der Waals surface area contributed by atoms with Crippen molar-refractivity contribution in [1.29, 1.82) is 5.26 Å². The zero-order valence-electron chi connectivity index (χ0n) is 9.74. The van der Waals surface area contributed by atoms with Gasteiger partial charge in [0.25, 0.3) is 0 Å². The smallest absolute Gasteiger partial charge is 0.114 e. The highest BCUT2D eigenvalue weighted by atomic mass is 79.9. The summed E-state index contributed by atoms with van der Waals surface area (Å²) in [7, 11) is 0. The molecule has 1 aromatic heterocycles. The van der Waals surface area contributed by atoms with Gasteiger partial charge >= 0.3 is 0 Å². The average Bonchev–Trinajstić information content (AvgIpc) is 2.59. The number of benzene rings is 1. The van der Waals surface area contributed by atoms with Crippen LogP contribution in [0.3, 0.4) is 0 Å². The summed E-state index contributed by atoms with van der Waals surface area (Å²) < 4.78 is 2.68. The van der Waals surface area contributed by atoms with Gasteiger partial charge in [-0.25, -0.2) is 4.68 Å². The minimum absolute atomic E-state index is 0.373. The Bertz CT molecular complexity index is 576. The lowest BCUT2D eigenvalue weighted by Gasteiger charge is -2.03. The summed E-state index contributed by atoms with van der Waals surface area (Å²) in [4.78, 5) is 0. The number of aromatic nitrogens is 2. The fraction of sp³-hybridized carbons (Fsp3) is 0.231. The van der Waals surface area contributed by atoms with E-state index < -0.39 is 0 Å². The zero-order valence-corrected chi connectivity index (χ0v) is 11.3. The second-order valence-corrected chi connectivity index (χ2v) is 4.69. The number of nitriles is 1. The third-order valence-electron chi connectivity index (χ3n) is 2.66. The molecule has 86 valence electrons. The summed E-state index contributed by atoms with van der Waals surface area (Å²) in [6, 6.07) is 10.3. The molecule has 1 aromatic carbocycles. The Labute approximate surface area is 109 Å². The van der Waals surface area contributed by atoms with Gasteiger partial charge in [0, 0.05) is 5.56 Å². The van der Waals surface area contributed by atoms with E-state index in [-0.39, 0.29) is 0 Å². The van der Waals surface area contributed by atoms with Gasteiger partial charge < -0.3 is 0 Å². The number of nitrogens with zero attached hydrogens (tertiary/aromatic N) is 3. The van der Waals surface area contributed by atoms with E-state index in [1.54, 1.807) is 0 Å². The number of halogens is 1. The number of rotatable bonds is 2. The van der Waals surface area contributed by atoms with Gasteiger partial charge in [-0.2, -0.15) is 10.4 Å². The van der Waals surface area contributed by atoms with Gasteiger partial charge in [-0.3, -0.25) is 0 Å². The van der Waals surface area contributed by atoms with Crippen LogP contribution in [-0.4, -0.2) is 9.78 Å². The molecular weight excluding hydrogens is 278 g/mol. The van der Waals surface area contributed by atoms with E-state index in [9.17, 15) is 0 Å². The summed E-state index contributed by atoms with van der Waals surface area (Å²) in [5.41, 5.74) is 4.05. The standard InChI is InChI=1S/C13H12BrN3/c1-9-3-5-11(6-4-9)17-13(14)12(7-8-15)10(2)16-17/h3-6H,7H2,1-2H3. The molecule has 0 saturated carbocycles. The Hall–Kier alpha value is -1.60. The Kier molecular flexibility index (Phi) is 3.30. The monoisotopic (exact) mass is 289 g/mol. The largest absolute Gasteiger partial charge is 0.226 e. The summed E-state index contributed by atoms with van der Waals surface area (Å²) in [6.45, 7) is 3.97. The van der Waals surface area contributed by atoms with Crippen molar-refractivity contribution in [2.24, 2.45) is 0 Å². The first-order valence-corrected chi connectivity index (χ1v) is 6.10. The lowest BCUT2D eigenvalue weighted by atomic mass is 10.2. The first-order valence-electron chi connectivity index (χ1n) is 5.31. The lowest BCUT2D eigenvalue weighted by Crippen LogP contribution is -1.96. The van der Waals surface area contributed by atoms with Crippen LogP contribution in [0.5, 0.6) is 0 Å². The van der Waals surface area contributed by atoms with Gasteiger partial charge in [-0.15, -0.1) is 0 Å². The summed E-state index contributed by atoms with van der Waals surface area (Å²) in [5.74, 6) is 0. The average molecular weight is 290 g/mol. The molecule has 0 fully saturated rings. The molecular formula is C13H12BrN3. The highest BCUT2D eigenvalue weighted by Gasteiger charge is 2.13. The van der Waals surface area contributed by atoms with Crippen LogP contribution in [0.1, 0.15) is 16.8 Å². The third kappa shape index (κ3) is 2.25. The van der Waals surface area contributed by atoms with Gasteiger partial charge in [0.2, 0.25) is 0 Å². The number of hydrogen-bond acceptors (Lipinski definition) is 2. The highest BCUT2D eigenvalue weighted by molar-refractivity contribution is 9.10. The molecule has 0 saturated heterocycles. The van der Waals surface area contributed by atoms with Crippen LogP contribution in [0.4, 0.5) is 0 Å². The Morgan fingerprint density at radius 1 is 1.29 bits per heavy atom. The van der Waals surface area contributed by atoms with Gasteiger partial charge in [0.15, 0.2) is 0 Å². The summed E-state index contributed by atoms with van der Waals surface area (Å²) in [6.07, 6.45) is 0.373. The number of aryl methyl sites for hydroxylation is 2. The molecule has 3 nitrogen and oxygen atoms in total. The molecule has 0 bridgehead atoms. The first kappa shape index (κ1) is 11.9. The van der Waals surface area contributed by atoms with Gasteiger partial charge in [0.1, 0.15) is 4.60 Å². The molecule has 17 heavy (non-hydrogen) atoms. The second kappa shape index (κ2) is 4.72. The second-order valence-electron chi connectivity index (χ2n) is 3.94. The van der Waals surface area contributed by atoms with Crippen molar-refractivity contribution < 1.29 is 0 Å². The topological polar surface area (TPSA) is 41.6 Å². The van der Waals surface area contributed by atoms with Gasteiger partial charge in [-0.05, 0) is 41.9 Å². The first-order chi connectivity index (χ1) is 8.13. The Balaban J connectivity index is 2.50. The molecule has 0 radical (unpaired) electrons. The molecule has 0 spiro atoms. The van der Waals surface area contributed by atoms with Crippen molar-refractivity contribution >= 4 is 15.9 Å². The normalized spacial score (nSPS) is 10.2. The van der Waals surface area contributed by atoms with E-state index >= 15 is 0 Å². The molecule has 0 aliphatic rings. The van der Waals surface area contributed by atoms with Crippen LogP contribution >= 0.6 is 15.9 Å². The molecule has 0 N–H and O–H groups in total. The van der Waals surface area contributed by atoms with E-state index in [4.69, 9.17) is 5.26 Å². The Morgan fingerprint density at radius 3 is 2.53 bits per heavy atom. The third-order valence-corrected chi connectivity index (χ3v) is 3.47. The van der Waals surface area contributed by atoms with Crippen molar-refractivity contribution in [3.63, 3.8) is 0 Å². The molecule has 0 aliphatic carbocycles. The van der Waals surface area contributed by atoms with Crippen LogP contribution in [0.2, 0.25) is 0 Å². The fourth-order valence-corrected chi connectivity index (χ4v) is 2.38. The van der Waals surface area contributed by atoms with E-state index in [1.807, 2.05) is 42.8 Å². The van der Waals surface area contributed by atoms with E-state index in [1.165, 1.54) is 5.56 Å². The molecule has 4 heteroatoms. The van der Waals surface area contributed by atoms with Crippen LogP contribution < -0.4 is 0 Å². The maximum Gasteiger partial charge on any atom is 0.114 e. The minimum Gasteiger partial charge on any atom is -0.226 e. The van der Waals surface area contributed by atoms with Crippen LogP contribution in [-0.2, 0) is 6.42 Å². The summed E-state index contributed by atoms with van der Waals surface area (Å²) >= 11 is 3.51. The van der Waals surface area contributed by atoms with Crippen molar-refractivity contribution in [1.82, 2.24) is 9.78 Å². The molecule has 2 aromatic rings. The van der Waals surface area contributed by atoms with Gasteiger partial charge in [0.05, 0.1) is 23.9 Å². The SMILES string of the molecule is Cc1ccc(-n2nc(C)c(CC#N)c2Br)cc1. The maximum atomic E-state index is 8.78. The molecule has 2 rings (SSSR count). The highest BCUT2D eigenvalue weighted by Crippen LogP contribution is 2.24. The summed E-state index contributed by atoms with van der Waals surface area (Å²) in [5, 5.41) is 13.2. The van der Waals surface area contributed by atoms with E-state index in [0.717, 1.165) is 21.5 Å². The van der Waals surface area contributed by atoms with E-state index in [2.05, 4.69) is 27.1 Å². The van der Waals surface area contributed by atoms with E-state index in [0.29, 0.717) is 6.42 Å². The maximum absolute atomic E-state index is 8.78. The zero-order chi connectivity index (χ0) is 12.4. The van der Waals surface area contributed by atoms with Crippen molar-refractivity contribution in [3.05, 3.63) is 45.7 Å². The minimum atomic E-state index is 0.373. The van der Waals surface area contributed by atoms with Crippen molar-refractivity contribution in [2.45, 2.75) is 20.3 Å². The molecule has 0 atom stereocenters. The van der Waals surface area contributed by atoms with Gasteiger partial charge in [-0.1, -0.05) is 17.7 Å². The Morgan fingerprint density at radius 2 is 1.94 bits per heavy atom. The lowest BCUT2D eigenvalue weighted by molar-refractivity contribution is 0.845. The van der Waals surface area contributed by atoms with Crippen LogP contribution in [0.15, 0.2) is 28.9 Å². The molecule has 0 aliphatic heterocycles. The van der Waals surface area contributed by atoms with Crippen LogP contribution in [0.25, 0.3) is 5.69 Å².